The van der Waals surface area contributed by atoms with Gasteiger partial charge >= 0.3 is 0 Å². The SMILES string of the molecule is CON1C(C)(C)CC(P)CC1(C)C. The summed E-state index contributed by atoms with van der Waals surface area (Å²) in [5.74, 6) is 0. The van der Waals surface area contributed by atoms with Crippen LogP contribution in [0, 0.1) is 0 Å². The summed E-state index contributed by atoms with van der Waals surface area (Å²) >= 11 is 0. The summed E-state index contributed by atoms with van der Waals surface area (Å²) in [4.78, 5) is 5.49. The Kier molecular flexibility index (Phi) is 3.07. The lowest BCUT2D eigenvalue weighted by Crippen LogP contribution is -2.60. The monoisotopic (exact) mass is 203 g/mol. The van der Waals surface area contributed by atoms with Crippen LogP contribution >= 0.6 is 9.24 Å². The fraction of sp³-hybridized carbons (Fsp3) is 1.00. The molecule has 0 amide bonds. The van der Waals surface area contributed by atoms with E-state index in [2.05, 4.69) is 42.0 Å². The third-order valence-electron chi connectivity index (χ3n) is 2.81. The summed E-state index contributed by atoms with van der Waals surface area (Å²) in [5.41, 5.74) is 0.989. The summed E-state index contributed by atoms with van der Waals surface area (Å²) in [7, 11) is 4.72. The number of nitrogens with zero attached hydrogens (tertiary/aromatic N) is 1. The lowest BCUT2D eigenvalue weighted by molar-refractivity contribution is -0.262. The number of hydrogen-bond donors (Lipinski definition) is 0. The molecule has 0 saturated carbocycles. The lowest BCUT2D eigenvalue weighted by atomic mass is 9.82. The molecule has 3 heteroatoms. The van der Waals surface area contributed by atoms with Gasteiger partial charge in [-0.2, -0.15) is 5.06 Å². The van der Waals surface area contributed by atoms with Gasteiger partial charge in [0.05, 0.1) is 7.11 Å². The van der Waals surface area contributed by atoms with Crippen LogP contribution in [0.15, 0.2) is 0 Å². The Balaban J connectivity index is 2.88. The molecule has 0 spiro atoms. The van der Waals surface area contributed by atoms with Crippen molar-refractivity contribution >= 4 is 9.24 Å². The van der Waals surface area contributed by atoms with Crippen LogP contribution in [-0.2, 0) is 4.84 Å². The van der Waals surface area contributed by atoms with Crippen molar-refractivity contribution in [3.8, 4) is 0 Å². The summed E-state index contributed by atoms with van der Waals surface area (Å²) in [5, 5.41) is 2.14. The molecular formula is C10H22NOP. The maximum Gasteiger partial charge on any atom is 0.0575 e. The van der Waals surface area contributed by atoms with E-state index in [1.54, 1.807) is 7.11 Å². The molecule has 0 aromatic heterocycles. The Bertz CT molecular complexity index is 173. The van der Waals surface area contributed by atoms with Gasteiger partial charge in [-0.05, 0) is 46.2 Å². The highest BCUT2D eigenvalue weighted by molar-refractivity contribution is 7.17. The molecule has 1 unspecified atom stereocenters. The number of rotatable bonds is 1. The molecule has 0 bridgehead atoms. The normalized spacial score (nSPS) is 29.1. The van der Waals surface area contributed by atoms with Crippen LogP contribution < -0.4 is 0 Å². The van der Waals surface area contributed by atoms with E-state index in [0.717, 1.165) is 0 Å². The molecule has 0 aromatic carbocycles. The molecule has 0 aliphatic carbocycles. The largest absolute Gasteiger partial charge is 0.301 e. The van der Waals surface area contributed by atoms with Gasteiger partial charge in [0.2, 0.25) is 0 Å². The molecule has 1 aliphatic heterocycles. The average Bonchev–Trinajstić information content (AvgIpc) is 1.79. The maximum atomic E-state index is 5.49. The molecule has 1 heterocycles. The molecule has 0 N–H and O–H groups in total. The first-order valence-corrected chi connectivity index (χ1v) is 5.56. The highest BCUT2D eigenvalue weighted by Crippen LogP contribution is 2.40. The maximum absolute atomic E-state index is 5.49. The van der Waals surface area contributed by atoms with Crippen LogP contribution in [0.3, 0.4) is 0 Å². The van der Waals surface area contributed by atoms with E-state index < -0.39 is 0 Å². The van der Waals surface area contributed by atoms with Crippen molar-refractivity contribution in [1.82, 2.24) is 5.06 Å². The molecule has 1 atom stereocenters. The third-order valence-corrected chi connectivity index (χ3v) is 3.28. The standard InChI is InChI=1S/C10H22NOP/c1-9(2)6-8(13)7-10(3,4)11(9)12-5/h8H,6-7,13H2,1-5H3. The molecule has 1 aliphatic rings. The van der Waals surface area contributed by atoms with E-state index in [9.17, 15) is 0 Å². The average molecular weight is 203 g/mol. The predicted octanol–water partition coefficient (Wildman–Crippen LogP) is 2.44. The first kappa shape index (κ1) is 11.4. The van der Waals surface area contributed by atoms with Gasteiger partial charge in [-0.1, -0.05) is 0 Å². The minimum atomic E-state index is 0.142. The van der Waals surface area contributed by atoms with Gasteiger partial charge in [0.15, 0.2) is 0 Å². The van der Waals surface area contributed by atoms with Crippen molar-refractivity contribution in [3.05, 3.63) is 0 Å². The second kappa shape index (κ2) is 3.49. The smallest absolute Gasteiger partial charge is 0.0575 e. The summed E-state index contributed by atoms with van der Waals surface area (Å²) in [6.45, 7) is 8.98. The molecule has 1 saturated heterocycles. The first-order valence-electron chi connectivity index (χ1n) is 4.89. The van der Waals surface area contributed by atoms with Gasteiger partial charge in [0, 0.05) is 11.1 Å². The van der Waals surface area contributed by atoms with Crippen molar-refractivity contribution in [1.29, 1.82) is 0 Å². The highest BCUT2D eigenvalue weighted by Gasteiger charge is 2.44. The minimum absolute atomic E-state index is 0.142. The summed E-state index contributed by atoms with van der Waals surface area (Å²) < 4.78 is 0. The predicted molar refractivity (Wildman–Crippen MR) is 59.7 cm³/mol. The van der Waals surface area contributed by atoms with E-state index in [4.69, 9.17) is 4.84 Å². The fourth-order valence-electron chi connectivity index (χ4n) is 2.83. The lowest BCUT2D eigenvalue weighted by Gasteiger charge is -2.52. The number of hydroxylamine groups is 2. The van der Waals surface area contributed by atoms with E-state index >= 15 is 0 Å². The zero-order chi connectivity index (χ0) is 10.3. The molecule has 1 fully saturated rings. The second-order valence-corrected chi connectivity index (χ2v) is 6.21. The van der Waals surface area contributed by atoms with Crippen LogP contribution in [0.4, 0.5) is 0 Å². The van der Waals surface area contributed by atoms with Crippen molar-refractivity contribution in [2.24, 2.45) is 0 Å². The quantitative estimate of drug-likeness (QED) is 0.607. The van der Waals surface area contributed by atoms with Gasteiger partial charge in [0.1, 0.15) is 0 Å². The Labute approximate surface area is 84.2 Å². The van der Waals surface area contributed by atoms with Crippen LogP contribution in [0.1, 0.15) is 40.5 Å². The van der Waals surface area contributed by atoms with E-state index in [1.807, 2.05) is 0 Å². The van der Waals surface area contributed by atoms with Gasteiger partial charge in [-0.15, -0.1) is 9.24 Å². The minimum Gasteiger partial charge on any atom is -0.301 e. The Morgan fingerprint density at radius 2 is 1.54 bits per heavy atom. The molecule has 2 nitrogen and oxygen atoms in total. The zero-order valence-electron chi connectivity index (χ0n) is 9.42. The number of hydrogen-bond acceptors (Lipinski definition) is 2. The van der Waals surface area contributed by atoms with Crippen LogP contribution in [0.5, 0.6) is 0 Å². The molecule has 13 heavy (non-hydrogen) atoms. The van der Waals surface area contributed by atoms with Gasteiger partial charge in [-0.25, -0.2) is 0 Å². The number of piperidine rings is 1. The Hall–Kier alpha value is 0.350. The van der Waals surface area contributed by atoms with E-state index in [0.29, 0.717) is 5.66 Å². The van der Waals surface area contributed by atoms with Gasteiger partial charge in [-0.3, -0.25) is 0 Å². The van der Waals surface area contributed by atoms with Gasteiger partial charge < -0.3 is 4.84 Å². The van der Waals surface area contributed by atoms with Crippen molar-refractivity contribution in [2.45, 2.75) is 57.3 Å². The first-order chi connectivity index (χ1) is 5.79. The molecule has 0 aromatic rings. The van der Waals surface area contributed by atoms with Crippen molar-refractivity contribution in [2.75, 3.05) is 7.11 Å². The Morgan fingerprint density at radius 1 is 1.15 bits per heavy atom. The molecular weight excluding hydrogens is 181 g/mol. The third kappa shape index (κ3) is 2.23. The zero-order valence-corrected chi connectivity index (χ0v) is 10.6. The Morgan fingerprint density at radius 3 is 1.85 bits per heavy atom. The summed E-state index contributed by atoms with van der Waals surface area (Å²) in [6, 6.07) is 0. The second-order valence-electron chi connectivity index (χ2n) is 5.27. The van der Waals surface area contributed by atoms with Crippen LogP contribution in [0.25, 0.3) is 0 Å². The van der Waals surface area contributed by atoms with Gasteiger partial charge in [0.25, 0.3) is 0 Å². The van der Waals surface area contributed by atoms with E-state index in [-0.39, 0.29) is 11.1 Å². The summed E-state index contributed by atoms with van der Waals surface area (Å²) in [6.07, 6.45) is 2.35. The molecule has 78 valence electrons. The van der Waals surface area contributed by atoms with E-state index in [1.165, 1.54) is 12.8 Å². The van der Waals surface area contributed by atoms with Crippen LogP contribution in [0.2, 0.25) is 0 Å². The topological polar surface area (TPSA) is 12.5 Å². The molecule has 0 radical (unpaired) electrons. The highest BCUT2D eigenvalue weighted by atomic mass is 31.0. The van der Waals surface area contributed by atoms with Crippen molar-refractivity contribution < 1.29 is 4.84 Å². The van der Waals surface area contributed by atoms with Crippen molar-refractivity contribution in [3.63, 3.8) is 0 Å². The fourth-order valence-corrected chi connectivity index (χ4v) is 3.99. The van der Waals surface area contributed by atoms with Crippen LogP contribution in [-0.4, -0.2) is 28.9 Å². The molecule has 1 rings (SSSR count).